The van der Waals surface area contributed by atoms with Crippen molar-refractivity contribution in [3.8, 4) is 0 Å². The first kappa shape index (κ1) is 8.24. The maximum Gasteiger partial charge on any atom is 0.163 e. The Morgan fingerprint density at radius 1 is 1.25 bits per heavy atom. The van der Waals surface area contributed by atoms with Crippen LogP contribution in [-0.2, 0) is 4.74 Å². The highest BCUT2D eigenvalue weighted by atomic mass is 32.1. The molecule has 0 aromatic rings. The van der Waals surface area contributed by atoms with E-state index >= 15 is 0 Å². The van der Waals surface area contributed by atoms with Gasteiger partial charge >= 0.3 is 0 Å². The highest BCUT2D eigenvalue weighted by Crippen LogP contribution is 2.32. The molecule has 0 aromatic carbocycles. The van der Waals surface area contributed by atoms with Crippen molar-refractivity contribution in [2.24, 2.45) is 11.8 Å². The molecule has 12 heavy (non-hydrogen) atoms. The molecule has 0 spiro atoms. The monoisotopic (exact) mass is 182 g/mol. The normalized spacial score (nSPS) is 37.8. The van der Waals surface area contributed by atoms with Crippen molar-refractivity contribution in [3.05, 3.63) is 12.2 Å². The predicted octanol–water partition coefficient (Wildman–Crippen LogP) is 2.71. The smallest absolute Gasteiger partial charge is 0.163 e. The second-order valence-corrected chi connectivity index (χ2v) is 4.03. The summed E-state index contributed by atoms with van der Waals surface area (Å²) in [6.45, 7) is 0.872. The molecule has 1 fully saturated rings. The van der Waals surface area contributed by atoms with E-state index in [4.69, 9.17) is 17.0 Å². The minimum atomic E-state index is 0.574. The molecule has 1 nitrogen and oxygen atoms in total. The molecule has 1 saturated heterocycles. The summed E-state index contributed by atoms with van der Waals surface area (Å²) in [7, 11) is 0. The van der Waals surface area contributed by atoms with Crippen molar-refractivity contribution >= 4 is 17.3 Å². The number of hydrogen-bond donors (Lipinski definition) is 0. The van der Waals surface area contributed by atoms with E-state index in [9.17, 15) is 0 Å². The predicted molar refractivity (Wildman–Crippen MR) is 53.1 cm³/mol. The van der Waals surface area contributed by atoms with E-state index in [1.165, 1.54) is 25.7 Å². The molecule has 1 aliphatic carbocycles. The summed E-state index contributed by atoms with van der Waals surface area (Å²) in [5.41, 5.74) is 0. The van der Waals surface area contributed by atoms with Gasteiger partial charge in [-0.3, -0.25) is 0 Å². The quantitative estimate of drug-likeness (QED) is 0.421. The van der Waals surface area contributed by atoms with Crippen molar-refractivity contribution in [2.45, 2.75) is 25.7 Å². The van der Waals surface area contributed by atoms with Gasteiger partial charge in [0.15, 0.2) is 5.05 Å². The highest BCUT2D eigenvalue weighted by molar-refractivity contribution is 7.80. The lowest BCUT2D eigenvalue weighted by molar-refractivity contribution is 0.283. The molecule has 66 valence electrons. The summed E-state index contributed by atoms with van der Waals surface area (Å²) in [5.74, 6) is 1.28. The summed E-state index contributed by atoms with van der Waals surface area (Å²) in [5, 5.41) is 0.871. The topological polar surface area (TPSA) is 9.23 Å². The maximum atomic E-state index is 5.41. The standard InChI is InChI=1S/C10H14OS/c12-10-9-6-4-2-1-3-5-8(9)7-11-10/h1-2,8-9H,3-7H2/b2-1-/t8-,9-/m0/s1. The van der Waals surface area contributed by atoms with Gasteiger partial charge in [-0.15, -0.1) is 0 Å². The van der Waals surface area contributed by atoms with E-state index in [-0.39, 0.29) is 0 Å². The molecule has 2 rings (SSSR count). The van der Waals surface area contributed by atoms with Crippen LogP contribution < -0.4 is 0 Å². The summed E-state index contributed by atoms with van der Waals surface area (Å²) in [6.07, 6.45) is 9.38. The number of thiocarbonyl (C=S) groups is 1. The largest absolute Gasteiger partial charge is 0.486 e. The van der Waals surface area contributed by atoms with Gasteiger partial charge in [0.2, 0.25) is 0 Å². The fraction of sp³-hybridized carbons (Fsp3) is 0.700. The van der Waals surface area contributed by atoms with E-state index in [2.05, 4.69) is 12.2 Å². The van der Waals surface area contributed by atoms with Crippen LogP contribution in [0.3, 0.4) is 0 Å². The Morgan fingerprint density at radius 2 is 2.00 bits per heavy atom. The van der Waals surface area contributed by atoms with Crippen molar-refractivity contribution in [3.63, 3.8) is 0 Å². The SMILES string of the molecule is S=C1OC[C@@H]2CC/C=C\CC[C@H]12. The van der Waals surface area contributed by atoms with Gasteiger partial charge in [0.25, 0.3) is 0 Å². The molecule has 0 aromatic heterocycles. The van der Waals surface area contributed by atoms with Crippen LogP contribution in [0.5, 0.6) is 0 Å². The third-order valence-corrected chi connectivity index (χ3v) is 3.25. The molecule has 2 atom stereocenters. The van der Waals surface area contributed by atoms with Crippen LogP contribution in [0, 0.1) is 11.8 Å². The summed E-state index contributed by atoms with van der Waals surface area (Å²) in [4.78, 5) is 0. The van der Waals surface area contributed by atoms with Gasteiger partial charge in [-0.25, -0.2) is 0 Å². The molecule has 0 saturated carbocycles. The maximum absolute atomic E-state index is 5.41. The molecular weight excluding hydrogens is 168 g/mol. The van der Waals surface area contributed by atoms with Gasteiger partial charge in [-0.2, -0.15) is 0 Å². The van der Waals surface area contributed by atoms with E-state index in [1.807, 2.05) is 0 Å². The van der Waals surface area contributed by atoms with E-state index < -0.39 is 0 Å². The third kappa shape index (κ3) is 1.53. The van der Waals surface area contributed by atoms with Crippen molar-refractivity contribution in [1.82, 2.24) is 0 Å². The molecule has 0 bridgehead atoms. The lowest BCUT2D eigenvalue weighted by atomic mass is 9.86. The molecule has 1 aliphatic heterocycles. The Bertz CT molecular complexity index is 210. The van der Waals surface area contributed by atoms with E-state index in [1.54, 1.807) is 0 Å². The third-order valence-electron chi connectivity index (χ3n) is 2.83. The van der Waals surface area contributed by atoms with Gasteiger partial charge in [0, 0.05) is 11.8 Å². The van der Waals surface area contributed by atoms with Crippen molar-refractivity contribution in [1.29, 1.82) is 0 Å². The average molecular weight is 182 g/mol. The summed E-state index contributed by atoms with van der Waals surface area (Å²) >= 11 is 5.17. The van der Waals surface area contributed by atoms with E-state index in [0.717, 1.165) is 11.7 Å². The van der Waals surface area contributed by atoms with Gasteiger partial charge < -0.3 is 4.74 Å². The van der Waals surface area contributed by atoms with Gasteiger partial charge in [-0.1, -0.05) is 12.2 Å². The first-order valence-corrected chi connectivity index (χ1v) is 5.10. The van der Waals surface area contributed by atoms with Crippen molar-refractivity contribution < 1.29 is 4.74 Å². The van der Waals surface area contributed by atoms with Crippen LogP contribution in [0.4, 0.5) is 0 Å². The van der Waals surface area contributed by atoms with Crippen LogP contribution >= 0.6 is 12.2 Å². The first-order valence-electron chi connectivity index (χ1n) is 4.69. The molecule has 0 unspecified atom stereocenters. The number of hydrogen-bond acceptors (Lipinski definition) is 2. The number of ether oxygens (including phenoxy) is 1. The molecule has 2 aliphatic rings. The Kier molecular flexibility index (Phi) is 2.45. The minimum absolute atomic E-state index is 0.574. The number of fused-ring (bicyclic) bond motifs is 1. The Hall–Kier alpha value is -0.370. The zero-order chi connectivity index (χ0) is 8.39. The average Bonchev–Trinajstić information content (AvgIpc) is 2.31. The number of allylic oxidation sites excluding steroid dienone is 2. The summed E-state index contributed by atoms with van der Waals surface area (Å²) in [6, 6.07) is 0. The lowest BCUT2D eigenvalue weighted by Crippen LogP contribution is -2.15. The molecule has 2 heteroatoms. The van der Waals surface area contributed by atoms with Gasteiger partial charge in [0.1, 0.15) is 0 Å². The molecular formula is C10H14OS. The number of rotatable bonds is 0. The molecule has 0 radical (unpaired) electrons. The second-order valence-electron chi connectivity index (χ2n) is 3.62. The van der Waals surface area contributed by atoms with Crippen LogP contribution in [0.25, 0.3) is 0 Å². The highest BCUT2D eigenvalue weighted by Gasteiger charge is 2.32. The lowest BCUT2D eigenvalue weighted by Gasteiger charge is -2.16. The fourth-order valence-electron chi connectivity index (χ4n) is 2.06. The zero-order valence-electron chi connectivity index (χ0n) is 7.16. The Labute approximate surface area is 78.8 Å². The van der Waals surface area contributed by atoms with Crippen molar-refractivity contribution in [2.75, 3.05) is 6.61 Å². The Balaban J connectivity index is 2.06. The molecule has 0 N–H and O–H groups in total. The zero-order valence-corrected chi connectivity index (χ0v) is 7.98. The molecule has 0 amide bonds. The van der Waals surface area contributed by atoms with Crippen LogP contribution in [0.2, 0.25) is 0 Å². The second kappa shape index (κ2) is 3.56. The van der Waals surface area contributed by atoms with Gasteiger partial charge in [-0.05, 0) is 37.9 Å². The minimum Gasteiger partial charge on any atom is -0.486 e. The van der Waals surface area contributed by atoms with Crippen LogP contribution in [0.15, 0.2) is 12.2 Å². The van der Waals surface area contributed by atoms with Crippen LogP contribution in [0.1, 0.15) is 25.7 Å². The van der Waals surface area contributed by atoms with E-state index in [0.29, 0.717) is 11.8 Å². The van der Waals surface area contributed by atoms with Gasteiger partial charge in [0.05, 0.1) is 6.61 Å². The Morgan fingerprint density at radius 3 is 2.83 bits per heavy atom. The fourth-order valence-corrected chi connectivity index (χ4v) is 2.44. The van der Waals surface area contributed by atoms with Crippen LogP contribution in [-0.4, -0.2) is 11.7 Å². The summed E-state index contributed by atoms with van der Waals surface area (Å²) < 4.78 is 5.41. The first-order chi connectivity index (χ1) is 5.88. The molecule has 1 heterocycles.